The molecule has 2 heterocycles. The van der Waals surface area contributed by atoms with Crippen molar-refractivity contribution >= 4 is 12.0 Å². The maximum atomic E-state index is 12.0. The molecule has 0 aromatic rings. The van der Waals surface area contributed by atoms with Gasteiger partial charge in [0.25, 0.3) is 0 Å². The number of rotatable bonds is 5. The van der Waals surface area contributed by atoms with Crippen LogP contribution in [0.25, 0.3) is 0 Å². The van der Waals surface area contributed by atoms with E-state index in [0.29, 0.717) is 32.5 Å². The molecule has 0 aliphatic carbocycles. The van der Waals surface area contributed by atoms with E-state index in [4.69, 9.17) is 9.84 Å². The first-order valence-corrected chi connectivity index (χ1v) is 7.72. The summed E-state index contributed by atoms with van der Waals surface area (Å²) in [4.78, 5) is 26.9. The first kappa shape index (κ1) is 16.0. The fraction of sp³-hybridized carbons (Fsp3) is 0.857. The van der Waals surface area contributed by atoms with Gasteiger partial charge in [0.15, 0.2) is 0 Å². The number of piperidine rings is 1. The molecular formula is C14H25N3O4. The zero-order valence-corrected chi connectivity index (χ0v) is 12.4. The summed E-state index contributed by atoms with van der Waals surface area (Å²) in [6, 6.07) is -0.0687. The summed E-state index contributed by atoms with van der Waals surface area (Å²) in [5.74, 6) is -1.05. The molecule has 0 aromatic carbocycles. The third kappa shape index (κ3) is 5.17. The van der Waals surface area contributed by atoms with Crippen LogP contribution in [0.4, 0.5) is 4.79 Å². The summed E-state index contributed by atoms with van der Waals surface area (Å²) in [5, 5.41) is 11.8. The Morgan fingerprint density at radius 1 is 1.14 bits per heavy atom. The van der Waals surface area contributed by atoms with Crippen molar-refractivity contribution in [1.29, 1.82) is 0 Å². The molecule has 7 heteroatoms. The van der Waals surface area contributed by atoms with Crippen LogP contribution in [0.2, 0.25) is 0 Å². The van der Waals surface area contributed by atoms with Crippen LogP contribution in [0.1, 0.15) is 19.3 Å². The molecule has 2 fully saturated rings. The number of carbonyl (C=O) groups excluding carboxylic acids is 1. The van der Waals surface area contributed by atoms with Crippen LogP contribution in [0.15, 0.2) is 0 Å². The molecule has 0 bridgehead atoms. The fourth-order valence-corrected chi connectivity index (χ4v) is 2.76. The third-order valence-corrected chi connectivity index (χ3v) is 4.16. The molecule has 0 atom stereocenters. The Morgan fingerprint density at radius 2 is 1.81 bits per heavy atom. The topological polar surface area (TPSA) is 82.1 Å². The molecule has 2 aliphatic heterocycles. The summed E-state index contributed by atoms with van der Waals surface area (Å²) < 4.78 is 5.29. The number of hydrogen-bond donors (Lipinski definition) is 2. The van der Waals surface area contributed by atoms with Crippen LogP contribution in [0, 0.1) is 5.92 Å². The van der Waals surface area contributed by atoms with E-state index in [2.05, 4.69) is 10.2 Å². The van der Waals surface area contributed by atoms with Gasteiger partial charge in [0.2, 0.25) is 0 Å². The van der Waals surface area contributed by atoms with E-state index >= 15 is 0 Å². The number of carboxylic acid groups (broad SMARTS) is 1. The Balaban J connectivity index is 1.56. The molecule has 2 saturated heterocycles. The third-order valence-electron chi connectivity index (χ3n) is 4.16. The highest BCUT2D eigenvalue weighted by Gasteiger charge is 2.26. The molecule has 0 unspecified atom stereocenters. The second-order valence-electron chi connectivity index (χ2n) is 5.64. The van der Waals surface area contributed by atoms with Crippen molar-refractivity contribution in [2.75, 3.05) is 52.5 Å². The Hall–Kier alpha value is -1.34. The van der Waals surface area contributed by atoms with Gasteiger partial charge in [-0.05, 0) is 25.8 Å². The molecule has 2 aliphatic rings. The van der Waals surface area contributed by atoms with Gasteiger partial charge in [0, 0.05) is 32.7 Å². The van der Waals surface area contributed by atoms with Crippen molar-refractivity contribution in [2.45, 2.75) is 19.3 Å². The number of urea groups is 1. The van der Waals surface area contributed by atoms with Crippen LogP contribution in [0.3, 0.4) is 0 Å². The quantitative estimate of drug-likeness (QED) is 0.710. The van der Waals surface area contributed by atoms with Gasteiger partial charge in [-0.2, -0.15) is 0 Å². The van der Waals surface area contributed by atoms with E-state index in [1.54, 1.807) is 4.90 Å². The maximum absolute atomic E-state index is 12.0. The summed E-state index contributed by atoms with van der Waals surface area (Å²) in [7, 11) is 0. The molecule has 0 saturated carbocycles. The second-order valence-corrected chi connectivity index (χ2v) is 5.64. The Kier molecular flexibility index (Phi) is 6.25. The molecule has 120 valence electrons. The predicted molar refractivity (Wildman–Crippen MR) is 77.2 cm³/mol. The fourth-order valence-electron chi connectivity index (χ4n) is 2.76. The molecule has 0 radical (unpaired) electrons. The van der Waals surface area contributed by atoms with E-state index in [0.717, 1.165) is 39.3 Å². The lowest BCUT2D eigenvalue weighted by molar-refractivity contribution is -0.143. The largest absolute Gasteiger partial charge is 0.481 e. The number of nitrogens with one attached hydrogen (secondary N) is 1. The lowest BCUT2D eigenvalue weighted by Gasteiger charge is -2.30. The highest BCUT2D eigenvalue weighted by molar-refractivity contribution is 5.75. The van der Waals surface area contributed by atoms with Crippen molar-refractivity contribution in [1.82, 2.24) is 15.1 Å². The molecule has 0 spiro atoms. The number of aliphatic carboxylic acids is 1. The average Bonchev–Trinajstić information content (AvgIpc) is 2.52. The van der Waals surface area contributed by atoms with Crippen LogP contribution in [-0.4, -0.2) is 79.4 Å². The van der Waals surface area contributed by atoms with E-state index in [-0.39, 0.29) is 11.9 Å². The zero-order valence-electron chi connectivity index (χ0n) is 12.4. The minimum Gasteiger partial charge on any atom is -0.481 e. The van der Waals surface area contributed by atoms with Gasteiger partial charge in [-0.3, -0.25) is 9.69 Å². The molecular weight excluding hydrogens is 274 g/mol. The summed E-state index contributed by atoms with van der Waals surface area (Å²) in [5.41, 5.74) is 0. The van der Waals surface area contributed by atoms with Crippen LogP contribution in [0.5, 0.6) is 0 Å². The highest BCUT2D eigenvalue weighted by Crippen LogP contribution is 2.17. The minimum absolute atomic E-state index is 0.0687. The number of carbonyl (C=O) groups is 2. The molecule has 2 N–H and O–H groups in total. The summed E-state index contributed by atoms with van der Waals surface area (Å²) in [6.07, 6.45) is 2.03. The van der Waals surface area contributed by atoms with Crippen molar-refractivity contribution in [3.63, 3.8) is 0 Å². The maximum Gasteiger partial charge on any atom is 0.317 e. The van der Waals surface area contributed by atoms with Crippen LogP contribution < -0.4 is 5.32 Å². The highest BCUT2D eigenvalue weighted by atomic mass is 16.5. The van der Waals surface area contributed by atoms with E-state index in [9.17, 15) is 9.59 Å². The number of ether oxygens (including phenoxy) is 1. The smallest absolute Gasteiger partial charge is 0.317 e. The zero-order chi connectivity index (χ0) is 15.1. The Bertz CT molecular complexity index is 350. The van der Waals surface area contributed by atoms with Gasteiger partial charge in [0.05, 0.1) is 19.1 Å². The van der Waals surface area contributed by atoms with Gasteiger partial charge in [-0.1, -0.05) is 0 Å². The normalized spacial score (nSPS) is 21.2. The summed E-state index contributed by atoms with van der Waals surface area (Å²) >= 11 is 0. The van der Waals surface area contributed by atoms with E-state index in [1.807, 2.05) is 0 Å². The SMILES string of the molecule is O=C(O)C1CCN(C(=O)NCCCN2CCOCC2)CC1. The van der Waals surface area contributed by atoms with Gasteiger partial charge in [-0.25, -0.2) is 4.79 Å². The van der Waals surface area contributed by atoms with Gasteiger partial charge in [-0.15, -0.1) is 0 Å². The van der Waals surface area contributed by atoms with E-state index < -0.39 is 5.97 Å². The first-order valence-electron chi connectivity index (χ1n) is 7.72. The standard InChI is InChI=1S/C14H25N3O4/c18-13(19)12-2-6-17(7-3-12)14(20)15-4-1-5-16-8-10-21-11-9-16/h12H,1-11H2,(H,15,20)(H,18,19). The predicted octanol–water partition coefficient (Wildman–Crippen LogP) is 0.215. The summed E-state index contributed by atoms with van der Waals surface area (Å²) in [6.45, 7) is 6.24. The van der Waals surface area contributed by atoms with Crippen molar-refractivity contribution < 1.29 is 19.4 Å². The number of nitrogens with zero attached hydrogens (tertiary/aromatic N) is 2. The number of morpholine rings is 1. The van der Waals surface area contributed by atoms with Crippen molar-refractivity contribution in [3.05, 3.63) is 0 Å². The average molecular weight is 299 g/mol. The lowest BCUT2D eigenvalue weighted by atomic mass is 9.97. The van der Waals surface area contributed by atoms with Crippen molar-refractivity contribution in [3.8, 4) is 0 Å². The molecule has 2 rings (SSSR count). The van der Waals surface area contributed by atoms with Gasteiger partial charge < -0.3 is 20.1 Å². The first-order chi connectivity index (χ1) is 10.2. The number of carboxylic acids is 1. The van der Waals surface area contributed by atoms with Crippen LogP contribution in [-0.2, 0) is 9.53 Å². The Morgan fingerprint density at radius 3 is 2.43 bits per heavy atom. The number of hydrogen-bond acceptors (Lipinski definition) is 4. The number of amides is 2. The minimum atomic E-state index is -0.749. The molecule has 21 heavy (non-hydrogen) atoms. The van der Waals surface area contributed by atoms with Gasteiger partial charge >= 0.3 is 12.0 Å². The van der Waals surface area contributed by atoms with Crippen LogP contribution >= 0.6 is 0 Å². The molecule has 7 nitrogen and oxygen atoms in total. The molecule has 2 amide bonds. The number of likely N-dealkylation sites (tertiary alicyclic amines) is 1. The Labute approximate surface area is 125 Å². The monoisotopic (exact) mass is 299 g/mol. The molecule has 0 aromatic heterocycles. The van der Waals surface area contributed by atoms with Crippen molar-refractivity contribution in [2.24, 2.45) is 5.92 Å². The lowest BCUT2D eigenvalue weighted by Crippen LogP contribution is -2.46. The van der Waals surface area contributed by atoms with Gasteiger partial charge in [0.1, 0.15) is 0 Å². The second kappa shape index (κ2) is 8.19. The van der Waals surface area contributed by atoms with E-state index in [1.165, 1.54) is 0 Å².